The Bertz CT molecular complexity index is 569. The first kappa shape index (κ1) is 17.2. The van der Waals surface area contributed by atoms with Crippen LogP contribution in [0.2, 0.25) is 0 Å². The Hall–Kier alpha value is -2.18. The van der Waals surface area contributed by atoms with E-state index in [4.69, 9.17) is 0 Å². The minimum Gasteiger partial charge on any atom is -0.480 e. The van der Waals surface area contributed by atoms with Crippen molar-refractivity contribution in [1.82, 2.24) is 5.32 Å². The summed E-state index contributed by atoms with van der Waals surface area (Å²) < 4.78 is 28.7. The quantitative estimate of drug-likeness (QED) is 0.814. The van der Waals surface area contributed by atoms with E-state index in [-0.39, 0.29) is 11.3 Å². The van der Waals surface area contributed by atoms with E-state index >= 15 is 0 Å². The van der Waals surface area contributed by atoms with Gasteiger partial charge in [0, 0.05) is 5.56 Å². The number of alkyl halides is 2. The maximum atomic E-state index is 12.4. The zero-order valence-electron chi connectivity index (χ0n) is 12.6. The monoisotopic (exact) mass is 327 g/mol. The van der Waals surface area contributed by atoms with Crippen LogP contribution in [0.1, 0.15) is 48.9 Å². The molecule has 1 aromatic carbocycles. The van der Waals surface area contributed by atoms with Gasteiger partial charge < -0.3 is 15.2 Å². The molecule has 1 aliphatic rings. The number of carboxylic acids is 1. The normalized spacial score (nSPS) is 17.3. The number of amides is 1. The highest BCUT2D eigenvalue weighted by molar-refractivity contribution is 5.98. The first-order valence-corrected chi connectivity index (χ1v) is 7.54. The van der Waals surface area contributed by atoms with Gasteiger partial charge in [0.15, 0.2) is 0 Å². The van der Waals surface area contributed by atoms with Crippen LogP contribution in [0, 0.1) is 0 Å². The Morgan fingerprint density at radius 3 is 2.39 bits per heavy atom. The Morgan fingerprint density at radius 1 is 1.17 bits per heavy atom. The van der Waals surface area contributed by atoms with Crippen molar-refractivity contribution in [3.05, 3.63) is 29.8 Å². The molecule has 0 spiro atoms. The number of hydrogen-bond donors (Lipinski definition) is 2. The van der Waals surface area contributed by atoms with Crippen LogP contribution in [-0.4, -0.2) is 29.1 Å². The van der Waals surface area contributed by atoms with Gasteiger partial charge in [-0.1, -0.05) is 31.7 Å². The van der Waals surface area contributed by atoms with Crippen LogP contribution in [-0.2, 0) is 4.79 Å². The van der Waals surface area contributed by atoms with Crippen LogP contribution in [0.4, 0.5) is 8.78 Å². The van der Waals surface area contributed by atoms with Crippen LogP contribution in [0.25, 0.3) is 0 Å². The molecule has 5 nitrogen and oxygen atoms in total. The standard InChI is InChI=1S/C16H19F2NO4/c17-15(18)23-12-7-5-6-11(10-12)13(20)19-16(14(21)22)8-3-1-2-4-9-16/h5-7,10,15H,1-4,8-9H2,(H,19,20)(H,21,22). The van der Waals surface area contributed by atoms with Crippen molar-refractivity contribution in [2.75, 3.05) is 0 Å². The molecule has 0 heterocycles. The maximum Gasteiger partial charge on any atom is 0.387 e. The second kappa shape index (κ2) is 7.39. The smallest absolute Gasteiger partial charge is 0.387 e. The van der Waals surface area contributed by atoms with Gasteiger partial charge in [0.25, 0.3) is 5.91 Å². The van der Waals surface area contributed by atoms with Crippen LogP contribution in [0.3, 0.4) is 0 Å². The summed E-state index contributed by atoms with van der Waals surface area (Å²) >= 11 is 0. The van der Waals surface area contributed by atoms with E-state index in [1.807, 2.05) is 0 Å². The van der Waals surface area contributed by atoms with Crippen LogP contribution in [0.5, 0.6) is 5.75 Å². The minimum absolute atomic E-state index is 0.0908. The number of rotatable bonds is 5. The van der Waals surface area contributed by atoms with E-state index in [1.165, 1.54) is 24.3 Å². The van der Waals surface area contributed by atoms with E-state index in [0.29, 0.717) is 12.8 Å². The SMILES string of the molecule is O=C(NC1(C(=O)O)CCCCCC1)c1cccc(OC(F)F)c1. The number of carboxylic acid groups (broad SMARTS) is 1. The Kier molecular flexibility index (Phi) is 5.52. The third-order valence-electron chi connectivity index (χ3n) is 4.04. The van der Waals surface area contributed by atoms with E-state index in [2.05, 4.69) is 10.1 Å². The molecule has 0 atom stereocenters. The van der Waals surface area contributed by atoms with Crippen molar-refractivity contribution >= 4 is 11.9 Å². The maximum absolute atomic E-state index is 12.4. The van der Waals surface area contributed by atoms with Gasteiger partial charge in [-0.15, -0.1) is 0 Å². The highest BCUT2D eigenvalue weighted by Gasteiger charge is 2.40. The van der Waals surface area contributed by atoms with Crippen molar-refractivity contribution in [2.45, 2.75) is 50.7 Å². The Balaban J connectivity index is 2.17. The second-order valence-electron chi connectivity index (χ2n) is 5.66. The summed E-state index contributed by atoms with van der Waals surface area (Å²) in [5.74, 6) is -1.81. The fraction of sp³-hybridized carbons (Fsp3) is 0.500. The molecule has 2 N–H and O–H groups in total. The lowest BCUT2D eigenvalue weighted by Gasteiger charge is -2.29. The summed E-state index contributed by atoms with van der Waals surface area (Å²) in [5, 5.41) is 12.1. The largest absolute Gasteiger partial charge is 0.480 e. The topological polar surface area (TPSA) is 75.6 Å². The van der Waals surface area contributed by atoms with Crippen molar-refractivity contribution in [3.63, 3.8) is 0 Å². The summed E-state index contributed by atoms with van der Waals surface area (Å²) in [6, 6.07) is 5.32. The average Bonchev–Trinajstić information content (AvgIpc) is 2.73. The lowest BCUT2D eigenvalue weighted by Crippen LogP contribution is -2.54. The molecule has 1 fully saturated rings. The molecule has 0 aliphatic heterocycles. The molecule has 0 radical (unpaired) electrons. The number of halogens is 2. The van der Waals surface area contributed by atoms with E-state index in [0.717, 1.165) is 25.7 Å². The number of nitrogens with one attached hydrogen (secondary N) is 1. The van der Waals surface area contributed by atoms with Gasteiger partial charge in [-0.05, 0) is 31.0 Å². The predicted molar refractivity (Wildman–Crippen MR) is 78.6 cm³/mol. The van der Waals surface area contributed by atoms with E-state index < -0.39 is 24.0 Å². The van der Waals surface area contributed by atoms with E-state index in [1.54, 1.807) is 0 Å². The molecule has 1 aliphatic carbocycles. The van der Waals surface area contributed by atoms with E-state index in [9.17, 15) is 23.5 Å². The molecule has 0 saturated heterocycles. The molecule has 1 aromatic rings. The number of benzene rings is 1. The zero-order chi connectivity index (χ0) is 16.9. The van der Waals surface area contributed by atoms with Crippen LogP contribution < -0.4 is 10.1 Å². The fourth-order valence-electron chi connectivity index (χ4n) is 2.83. The first-order valence-electron chi connectivity index (χ1n) is 7.54. The van der Waals surface area contributed by atoms with Gasteiger partial charge in [0.2, 0.25) is 0 Å². The molecule has 0 unspecified atom stereocenters. The van der Waals surface area contributed by atoms with Gasteiger partial charge in [-0.3, -0.25) is 4.79 Å². The van der Waals surface area contributed by atoms with Crippen molar-refractivity contribution in [2.24, 2.45) is 0 Å². The molecule has 1 saturated carbocycles. The molecule has 7 heteroatoms. The average molecular weight is 327 g/mol. The molecule has 1 amide bonds. The summed E-state index contributed by atoms with van der Waals surface area (Å²) in [6.07, 6.45) is 4.04. The molecule has 126 valence electrons. The first-order chi connectivity index (χ1) is 10.9. The van der Waals surface area contributed by atoms with Crippen molar-refractivity contribution in [1.29, 1.82) is 0 Å². The van der Waals surface area contributed by atoms with Gasteiger partial charge in [0.05, 0.1) is 0 Å². The molecule has 0 bridgehead atoms. The molecule has 0 aromatic heterocycles. The number of hydrogen-bond acceptors (Lipinski definition) is 3. The number of carbonyl (C=O) groups excluding carboxylic acids is 1. The van der Waals surface area contributed by atoms with Crippen LogP contribution in [0.15, 0.2) is 24.3 Å². The molecule has 2 rings (SSSR count). The second-order valence-corrected chi connectivity index (χ2v) is 5.66. The highest BCUT2D eigenvalue weighted by Crippen LogP contribution is 2.28. The minimum atomic E-state index is -2.99. The summed E-state index contributed by atoms with van der Waals surface area (Å²) in [5.41, 5.74) is -1.21. The number of carbonyl (C=O) groups is 2. The fourth-order valence-corrected chi connectivity index (χ4v) is 2.83. The Morgan fingerprint density at radius 2 is 1.83 bits per heavy atom. The van der Waals surface area contributed by atoms with Crippen molar-refractivity contribution < 1.29 is 28.2 Å². The summed E-state index contributed by atoms with van der Waals surface area (Å²) in [6.45, 7) is -2.99. The van der Waals surface area contributed by atoms with Gasteiger partial charge in [0.1, 0.15) is 11.3 Å². The zero-order valence-corrected chi connectivity index (χ0v) is 12.6. The third kappa shape index (κ3) is 4.40. The van der Waals surface area contributed by atoms with Crippen molar-refractivity contribution in [3.8, 4) is 5.75 Å². The van der Waals surface area contributed by atoms with Gasteiger partial charge in [-0.2, -0.15) is 8.78 Å². The lowest BCUT2D eigenvalue weighted by molar-refractivity contribution is -0.145. The third-order valence-corrected chi connectivity index (χ3v) is 4.04. The predicted octanol–water partition coefficient (Wildman–Crippen LogP) is 3.20. The summed E-state index contributed by atoms with van der Waals surface area (Å²) in [7, 11) is 0. The molecule has 23 heavy (non-hydrogen) atoms. The summed E-state index contributed by atoms with van der Waals surface area (Å²) in [4.78, 5) is 24.0. The van der Waals surface area contributed by atoms with Gasteiger partial charge >= 0.3 is 12.6 Å². The molecular weight excluding hydrogens is 308 g/mol. The number of aliphatic carboxylic acids is 1. The van der Waals surface area contributed by atoms with Crippen LogP contribution >= 0.6 is 0 Å². The van der Waals surface area contributed by atoms with Gasteiger partial charge in [-0.25, -0.2) is 4.79 Å². The highest BCUT2D eigenvalue weighted by atomic mass is 19.3. The molecular formula is C16H19F2NO4. The lowest BCUT2D eigenvalue weighted by atomic mass is 9.90. The number of ether oxygens (including phenoxy) is 1. The Labute approximate surface area is 132 Å².